The van der Waals surface area contributed by atoms with Crippen LogP contribution in [0.15, 0.2) is 97.1 Å². The molecule has 8 aromatic heterocycles. The molecule has 8 heterocycles. The maximum atomic E-state index is 11.3. The number of rotatable bonds is 16. The van der Waals surface area contributed by atoms with Gasteiger partial charge < -0.3 is 64.2 Å². The molecule has 0 spiro atoms. The number of hydrogen-bond donors (Lipinski definition) is 0. The molecule has 0 aromatic carbocycles. The molecular formula is C60H104N8O12P4Ru2+8. The third-order valence-electron chi connectivity index (χ3n) is 13.8. The van der Waals surface area contributed by atoms with Crippen LogP contribution in [0.5, 0.6) is 23.5 Å². The molecule has 0 bridgehead atoms. The van der Waals surface area contributed by atoms with E-state index in [9.17, 15) is 20.4 Å². The summed E-state index contributed by atoms with van der Waals surface area (Å²) in [4.78, 5) is 34.1. The Hall–Kier alpha value is -3.91. The van der Waals surface area contributed by atoms with Gasteiger partial charge in [-0.1, -0.05) is 48.5 Å². The molecule has 0 amide bonds. The van der Waals surface area contributed by atoms with Crippen molar-refractivity contribution in [3.05, 3.63) is 120 Å². The molecule has 20 N–H and O–H groups in total. The molecule has 0 aliphatic rings. The van der Waals surface area contributed by atoms with Gasteiger partial charge in [-0.15, -0.1) is 0 Å². The molecule has 0 atom stereocenters. The van der Waals surface area contributed by atoms with E-state index in [2.05, 4.69) is 175 Å². The largest absolute Gasteiger partial charge is 2.00 e. The SMILES string of the molecule is CC(C)[PH+](Cc1ccc2ccc([O-])nc2n1)C(C)C.CC(C)[PH+](Cc1ccc2ccc([O-])nc2n1)C(C)C.CC(C)[PH+](Cc1ccc2ccc([O-])nc2n1)C(C)C.CC(C)[PH+](Cc1ccc2ccc([O-])nc2n1)C(C)C.O.O.O.O.[OH3+].[OH3+].[OH3+].[OH3+].[Ru+2].[Ru+2]. The van der Waals surface area contributed by atoms with Crippen molar-refractivity contribution in [3.8, 4) is 23.5 Å². The van der Waals surface area contributed by atoms with Crippen LogP contribution in [0.2, 0.25) is 0 Å². The molecule has 86 heavy (non-hydrogen) atoms. The molecule has 8 aromatic rings. The molecule has 20 nitrogen and oxygen atoms in total. The standard InChI is InChI=1S/4C15H21N2OP.8H2O.2Ru/c4*1-10(2)19(11(3)4)9-13-7-5-12-6-8-14(18)17-15(12)16-13;;;;;;;;;;/h4*5-8,10-11H,9H2,1-4H3,(H,16,17,18);8*1H2;;/q;;;;;;;;;;;;2*+2/p+4. The van der Waals surface area contributed by atoms with Gasteiger partial charge >= 0.3 is 39.0 Å². The maximum absolute atomic E-state index is 11.3. The first-order valence-corrected chi connectivity index (χ1v) is 34.5. The molecule has 26 heteroatoms. The van der Waals surface area contributed by atoms with Gasteiger partial charge in [0.1, 0.15) is 0 Å². The molecule has 0 aliphatic heterocycles. The van der Waals surface area contributed by atoms with E-state index < -0.39 is 31.7 Å². The van der Waals surface area contributed by atoms with E-state index in [4.69, 9.17) is 0 Å². The summed E-state index contributed by atoms with van der Waals surface area (Å²) < 4.78 is 0. The van der Waals surface area contributed by atoms with Crippen molar-refractivity contribution in [1.29, 1.82) is 0 Å². The van der Waals surface area contributed by atoms with Gasteiger partial charge in [0.05, 0.1) is 92.7 Å². The monoisotopic (exact) mass is 1460 g/mol. The van der Waals surface area contributed by atoms with E-state index in [0.717, 1.165) is 114 Å². The molecule has 0 aliphatic carbocycles. The first-order chi connectivity index (χ1) is 35.9. The Bertz CT molecular complexity index is 2700. The second kappa shape index (κ2) is 44.5. The fourth-order valence-electron chi connectivity index (χ4n) is 9.61. The molecule has 0 fully saturated rings. The maximum Gasteiger partial charge on any atom is 2.00 e. The second-order valence-electron chi connectivity index (χ2n) is 22.2. The van der Waals surface area contributed by atoms with Gasteiger partial charge in [0.15, 0.2) is 22.6 Å². The predicted octanol–water partition coefficient (Wildman–Crippen LogP) is 5.95. The zero-order valence-corrected chi connectivity index (χ0v) is 60.4. The Kier molecular flexibility index (Phi) is 48.3. The first-order valence-electron chi connectivity index (χ1n) is 27.1. The van der Waals surface area contributed by atoms with Gasteiger partial charge in [-0.25, -0.2) is 39.9 Å². The van der Waals surface area contributed by atoms with Gasteiger partial charge in [0.25, 0.3) is 0 Å². The molecule has 0 unspecified atom stereocenters. The number of fused-ring (bicyclic) bond motifs is 4. The van der Waals surface area contributed by atoms with Crippen molar-refractivity contribution in [2.45, 2.75) is 181 Å². The summed E-state index contributed by atoms with van der Waals surface area (Å²) in [6.45, 7) is 36.7. The Morgan fingerprint density at radius 2 is 0.395 bits per heavy atom. The molecule has 8 rings (SSSR count). The van der Waals surface area contributed by atoms with Crippen LogP contribution in [0.3, 0.4) is 0 Å². The van der Waals surface area contributed by atoms with Crippen molar-refractivity contribution in [1.82, 2.24) is 39.9 Å². The minimum absolute atomic E-state index is 0. The van der Waals surface area contributed by atoms with E-state index in [1.54, 1.807) is 24.3 Å². The van der Waals surface area contributed by atoms with Crippen LogP contribution in [0, 0.1) is 0 Å². The molecule has 0 saturated carbocycles. The average Bonchev–Trinajstić information content (AvgIpc) is 3.35. The van der Waals surface area contributed by atoms with E-state index in [-0.39, 0.29) is 106 Å². The first kappa shape index (κ1) is 93.2. The number of pyridine rings is 8. The second-order valence-corrected chi connectivity index (χ2v) is 37.5. The summed E-state index contributed by atoms with van der Waals surface area (Å²) in [5.74, 6) is -0.850. The third kappa shape index (κ3) is 28.7. The van der Waals surface area contributed by atoms with Crippen LogP contribution < -0.4 is 20.4 Å². The Morgan fingerprint density at radius 1 is 0.256 bits per heavy atom. The fraction of sp³-hybridized carbons (Fsp3) is 0.467. The zero-order valence-electron chi connectivity index (χ0n) is 52.9. The van der Waals surface area contributed by atoms with Crippen molar-refractivity contribution < 1.29 is 103 Å². The van der Waals surface area contributed by atoms with Gasteiger partial charge in [-0.3, -0.25) is 0 Å². The summed E-state index contributed by atoms with van der Waals surface area (Å²) in [7, 11) is -1.91. The van der Waals surface area contributed by atoms with Crippen LogP contribution in [-0.4, -0.2) is 107 Å². The predicted molar refractivity (Wildman–Crippen MR) is 359 cm³/mol. The fourth-order valence-corrected chi connectivity index (χ4v) is 20.7. The van der Waals surface area contributed by atoms with Crippen molar-refractivity contribution in [2.75, 3.05) is 0 Å². The molecule has 0 radical (unpaired) electrons. The van der Waals surface area contributed by atoms with E-state index >= 15 is 0 Å². The van der Waals surface area contributed by atoms with E-state index in [1.165, 1.54) is 24.3 Å². The van der Waals surface area contributed by atoms with Crippen LogP contribution >= 0.6 is 31.7 Å². The average molecular weight is 1460 g/mol. The van der Waals surface area contributed by atoms with E-state index in [1.807, 2.05) is 24.3 Å². The van der Waals surface area contributed by atoms with Crippen LogP contribution in [0.4, 0.5) is 0 Å². The van der Waals surface area contributed by atoms with E-state index in [0.29, 0.717) is 22.6 Å². The van der Waals surface area contributed by atoms with Crippen molar-refractivity contribution in [2.24, 2.45) is 0 Å². The topological polar surface area (TPSA) is 453 Å². The quantitative estimate of drug-likeness (QED) is 0.0616. The summed E-state index contributed by atoms with van der Waals surface area (Å²) in [5.41, 5.74) is 12.4. The number of aromatic nitrogens is 8. The van der Waals surface area contributed by atoms with Crippen LogP contribution in [-0.2, 0) is 85.5 Å². The molecular weight excluding hydrogens is 1350 g/mol. The summed E-state index contributed by atoms with van der Waals surface area (Å²) in [6.07, 6.45) is 4.17. The Labute approximate surface area is 539 Å². The van der Waals surface area contributed by atoms with Gasteiger partial charge in [-0.05, 0) is 183 Å². The zero-order chi connectivity index (χ0) is 56.0. The minimum Gasteiger partial charge on any atom is -0.859 e. The van der Waals surface area contributed by atoms with Crippen molar-refractivity contribution in [3.63, 3.8) is 0 Å². The number of hydrogen-bond acceptors (Lipinski definition) is 12. The number of nitrogens with zero attached hydrogens (tertiary/aromatic N) is 8. The van der Waals surface area contributed by atoms with Gasteiger partial charge in [0.2, 0.25) is 0 Å². The van der Waals surface area contributed by atoms with Gasteiger partial charge in [0, 0.05) is 53.2 Å². The van der Waals surface area contributed by atoms with Crippen LogP contribution in [0.1, 0.15) is 134 Å². The minimum atomic E-state index is -0.477. The van der Waals surface area contributed by atoms with Crippen molar-refractivity contribution >= 4 is 75.8 Å². The third-order valence-corrected chi connectivity index (χ3v) is 28.8. The summed E-state index contributed by atoms with van der Waals surface area (Å²) >= 11 is 0. The Morgan fingerprint density at radius 3 is 0.535 bits per heavy atom. The normalized spacial score (nSPS) is 10.6. The van der Waals surface area contributed by atoms with Gasteiger partial charge in [-0.2, -0.15) is 0 Å². The smallest absolute Gasteiger partial charge is 0.859 e. The van der Waals surface area contributed by atoms with Crippen LogP contribution in [0.25, 0.3) is 44.1 Å². The summed E-state index contributed by atoms with van der Waals surface area (Å²) in [5, 5.41) is 48.9. The Balaban J connectivity index is -0.000000239. The molecule has 484 valence electrons. The summed E-state index contributed by atoms with van der Waals surface area (Å²) in [6, 6.07) is 29.5. The molecule has 0 saturated heterocycles.